The van der Waals surface area contributed by atoms with E-state index in [1.807, 2.05) is 24.0 Å². The van der Waals surface area contributed by atoms with E-state index in [1.165, 1.54) is 6.07 Å². The van der Waals surface area contributed by atoms with E-state index in [0.717, 1.165) is 37.9 Å². The molecule has 2 aromatic rings. The van der Waals surface area contributed by atoms with Gasteiger partial charge in [-0.25, -0.2) is 8.42 Å². The Hall–Kier alpha value is -2.28. The van der Waals surface area contributed by atoms with E-state index in [0.29, 0.717) is 17.1 Å². The average Bonchev–Trinajstić information content (AvgIpc) is 2.93. The van der Waals surface area contributed by atoms with Crippen LogP contribution in [0.1, 0.15) is 41.0 Å². The molecule has 1 N–H and O–H groups in total. The van der Waals surface area contributed by atoms with Gasteiger partial charge in [-0.05, 0) is 51.3 Å². The summed E-state index contributed by atoms with van der Waals surface area (Å²) in [5.41, 5.74) is 2.51. The lowest BCUT2D eigenvalue weighted by Gasteiger charge is -2.26. The maximum Gasteiger partial charge on any atom is 0.270 e. The van der Waals surface area contributed by atoms with Crippen LogP contribution < -0.4 is 4.72 Å². The molecule has 0 atom stereocenters. The number of carbonyl (C=O) groups is 1. The predicted octanol–water partition coefficient (Wildman–Crippen LogP) is 3.07. The topological polar surface area (TPSA) is 71.4 Å². The maximum absolute atomic E-state index is 12.8. The summed E-state index contributed by atoms with van der Waals surface area (Å²) >= 11 is 0. The van der Waals surface area contributed by atoms with Crippen molar-refractivity contribution >= 4 is 21.6 Å². The number of nitrogens with one attached hydrogen (secondary N) is 1. The van der Waals surface area contributed by atoms with Crippen molar-refractivity contribution in [3.05, 3.63) is 47.3 Å². The Morgan fingerprint density at radius 1 is 1.04 bits per heavy atom. The average molecular weight is 375 g/mol. The summed E-state index contributed by atoms with van der Waals surface area (Å²) in [6.07, 6.45) is 3.13. The van der Waals surface area contributed by atoms with Gasteiger partial charge in [0.15, 0.2) is 0 Å². The number of hydrogen-bond donors (Lipinski definition) is 1. The summed E-state index contributed by atoms with van der Waals surface area (Å²) in [5, 5.41) is 0. The molecule has 0 unspecified atom stereocenters. The van der Waals surface area contributed by atoms with Crippen molar-refractivity contribution < 1.29 is 13.2 Å². The molecule has 26 heavy (non-hydrogen) atoms. The van der Waals surface area contributed by atoms with Gasteiger partial charge in [0.05, 0.1) is 0 Å². The Kier molecular flexibility index (Phi) is 5.09. The number of aromatic nitrogens is 1. The molecule has 3 rings (SSSR count). The highest BCUT2D eigenvalue weighted by Crippen LogP contribution is 2.24. The third kappa shape index (κ3) is 3.62. The van der Waals surface area contributed by atoms with Crippen molar-refractivity contribution in [2.75, 3.05) is 17.8 Å². The van der Waals surface area contributed by atoms with Crippen LogP contribution in [0.5, 0.6) is 0 Å². The van der Waals surface area contributed by atoms with E-state index >= 15 is 0 Å². The fraction of sp³-hybridized carbons (Fsp3) is 0.421. The molecule has 1 fully saturated rings. The van der Waals surface area contributed by atoms with Crippen LogP contribution in [-0.4, -0.2) is 36.9 Å². The second-order valence-electron chi connectivity index (χ2n) is 6.86. The molecule has 6 nitrogen and oxygen atoms in total. The van der Waals surface area contributed by atoms with Crippen molar-refractivity contribution in [3.8, 4) is 0 Å². The number of anilines is 1. The van der Waals surface area contributed by atoms with E-state index < -0.39 is 10.0 Å². The summed E-state index contributed by atoms with van der Waals surface area (Å²) in [6.45, 7) is 5.12. The second kappa shape index (κ2) is 7.15. The first-order valence-electron chi connectivity index (χ1n) is 8.84. The molecular weight excluding hydrogens is 350 g/mol. The molecule has 7 heteroatoms. The maximum atomic E-state index is 12.8. The Labute approximate surface area is 154 Å². The summed E-state index contributed by atoms with van der Waals surface area (Å²) in [7, 11) is -2.03. The van der Waals surface area contributed by atoms with Crippen LogP contribution in [0.3, 0.4) is 0 Å². The smallest absolute Gasteiger partial charge is 0.270 e. The number of piperidine rings is 1. The molecule has 0 bridgehead atoms. The van der Waals surface area contributed by atoms with Gasteiger partial charge in [0.1, 0.15) is 10.6 Å². The minimum Gasteiger partial charge on any atom is -0.343 e. The number of hydrogen-bond acceptors (Lipinski definition) is 3. The highest BCUT2D eigenvalue weighted by Gasteiger charge is 2.27. The minimum atomic E-state index is -3.76. The fourth-order valence-corrected chi connectivity index (χ4v) is 4.59. The van der Waals surface area contributed by atoms with Crippen LogP contribution in [0.2, 0.25) is 0 Å². The van der Waals surface area contributed by atoms with E-state index in [4.69, 9.17) is 0 Å². The minimum absolute atomic E-state index is 0.105. The SMILES string of the molecule is Cc1ccc(NS(=O)(=O)c2cc(C(=O)N3CCCCC3)n(C)c2C)cc1. The van der Waals surface area contributed by atoms with E-state index in [9.17, 15) is 13.2 Å². The zero-order valence-corrected chi connectivity index (χ0v) is 16.3. The van der Waals surface area contributed by atoms with Crippen molar-refractivity contribution in [1.82, 2.24) is 9.47 Å². The molecule has 1 aromatic carbocycles. The van der Waals surface area contributed by atoms with Crippen LogP contribution in [0.4, 0.5) is 5.69 Å². The number of benzene rings is 1. The zero-order valence-electron chi connectivity index (χ0n) is 15.4. The van der Waals surface area contributed by atoms with Gasteiger partial charge in [0.25, 0.3) is 15.9 Å². The summed E-state index contributed by atoms with van der Waals surface area (Å²) < 4.78 is 29.9. The van der Waals surface area contributed by atoms with Gasteiger partial charge in [0, 0.05) is 31.5 Å². The van der Waals surface area contributed by atoms with Crippen LogP contribution >= 0.6 is 0 Å². The standard InChI is InChI=1S/C19H25N3O3S/c1-14-7-9-16(10-8-14)20-26(24,25)18-13-17(21(3)15(18)2)19(23)22-11-5-4-6-12-22/h7-10,13,20H,4-6,11-12H2,1-3H3. The Morgan fingerprint density at radius 2 is 1.65 bits per heavy atom. The third-order valence-corrected chi connectivity index (χ3v) is 6.44. The number of rotatable bonds is 4. The molecule has 0 aliphatic carbocycles. The lowest BCUT2D eigenvalue weighted by Crippen LogP contribution is -2.36. The van der Waals surface area contributed by atoms with Gasteiger partial charge >= 0.3 is 0 Å². The lowest BCUT2D eigenvalue weighted by molar-refractivity contribution is 0.0714. The van der Waals surface area contributed by atoms with Gasteiger partial charge in [0.2, 0.25) is 0 Å². The lowest BCUT2D eigenvalue weighted by atomic mass is 10.1. The second-order valence-corrected chi connectivity index (χ2v) is 8.51. The van der Waals surface area contributed by atoms with E-state index in [2.05, 4.69) is 4.72 Å². The first kappa shape index (κ1) is 18.5. The molecule has 2 heterocycles. The summed E-state index contributed by atoms with van der Waals surface area (Å²) in [6, 6.07) is 8.64. The van der Waals surface area contributed by atoms with Gasteiger partial charge in [-0.15, -0.1) is 0 Å². The third-order valence-electron chi connectivity index (χ3n) is 4.94. The highest BCUT2D eigenvalue weighted by atomic mass is 32.2. The van der Waals surface area contributed by atoms with Crippen molar-refractivity contribution in [1.29, 1.82) is 0 Å². The number of amides is 1. The molecular formula is C19H25N3O3S. The largest absolute Gasteiger partial charge is 0.343 e. The molecule has 0 spiro atoms. The van der Waals surface area contributed by atoms with Crippen molar-refractivity contribution in [2.24, 2.45) is 7.05 Å². The monoisotopic (exact) mass is 375 g/mol. The predicted molar refractivity (Wildman–Crippen MR) is 102 cm³/mol. The number of carbonyl (C=O) groups excluding carboxylic acids is 1. The number of aryl methyl sites for hydroxylation is 1. The molecule has 0 saturated carbocycles. The normalized spacial score (nSPS) is 15.1. The van der Waals surface area contributed by atoms with E-state index in [-0.39, 0.29) is 10.8 Å². The number of nitrogens with zero attached hydrogens (tertiary/aromatic N) is 2. The van der Waals surface area contributed by atoms with Crippen molar-refractivity contribution in [3.63, 3.8) is 0 Å². The highest BCUT2D eigenvalue weighted by molar-refractivity contribution is 7.92. The van der Waals surface area contributed by atoms with Crippen LogP contribution in [0.15, 0.2) is 35.2 Å². The van der Waals surface area contributed by atoms with Gasteiger partial charge in [-0.2, -0.15) is 0 Å². The molecule has 0 radical (unpaired) electrons. The van der Waals surface area contributed by atoms with Gasteiger partial charge in [-0.1, -0.05) is 17.7 Å². The van der Waals surface area contributed by atoms with E-state index in [1.54, 1.807) is 30.7 Å². The molecule has 1 aliphatic heterocycles. The van der Waals surface area contributed by atoms with Crippen molar-refractivity contribution in [2.45, 2.75) is 38.0 Å². The molecule has 1 amide bonds. The Bertz CT molecular complexity index is 908. The molecule has 1 aliphatic rings. The zero-order chi connectivity index (χ0) is 18.9. The Morgan fingerprint density at radius 3 is 2.27 bits per heavy atom. The van der Waals surface area contributed by atoms with Gasteiger partial charge in [-0.3, -0.25) is 9.52 Å². The molecule has 1 saturated heterocycles. The first-order chi connectivity index (χ1) is 12.3. The fourth-order valence-electron chi connectivity index (χ4n) is 3.24. The molecule has 140 valence electrons. The summed E-state index contributed by atoms with van der Waals surface area (Å²) in [5.74, 6) is -0.105. The quantitative estimate of drug-likeness (QED) is 0.893. The number of likely N-dealkylation sites (tertiary alicyclic amines) is 1. The van der Waals surface area contributed by atoms with Crippen LogP contribution in [0.25, 0.3) is 0 Å². The first-order valence-corrected chi connectivity index (χ1v) is 10.3. The summed E-state index contributed by atoms with van der Waals surface area (Å²) in [4.78, 5) is 14.7. The number of sulfonamides is 1. The van der Waals surface area contributed by atoms with Crippen LogP contribution in [0, 0.1) is 13.8 Å². The van der Waals surface area contributed by atoms with Gasteiger partial charge < -0.3 is 9.47 Å². The molecule has 1 aromatic heterocycles. The van der Waals surface area contributed by atoms with Crippen LogP contribution in [-0.2, 0) is 17.1 Å². The Balaban J connectivity index is 1.90.